The Morgan fingerprint density at radius 1 is 1.06 bits per heavy atom. The molecule has 6 rings (SSSR count). The number of allylic oxidation sites excluding steroid dienone is 3. The summed E-state index contributed by atoms with van der Waals surface area (Å²) in [4.78, 5) is 0. The van der Waals surface area contributed by atoms with Crippen LogP contribution in [0.3, 0.4) is 0 Å². The fourth-order valence-corrected chi connectivity index (χ4v) is 6.49. The zero-order valence-corrected chi connectivity index (χ0v) is 17.7. The van der Waals surface area contributed by atoms with Crippen LogP contribution >= 0.6 is 0 Å². The number of nitriles is 1. The van der Waals surface area contributed by atoms with E-state index in [0.29, 0.717) is 35.1 Å². The van der Waals surface area contributed by atoms with Crippen molar-refractivity contribution in [1.29, 1.82) is 5.26 Å². The molecule has 4 aliphatic rings. The Kier molecular flexibility index (Phi) is 4.41. The summed E-state index contributed by atoms with van der Waals surface area (Å²) in [5, 5.41) is 17.6. The molecule has 5 heteroatoms. The number of nitrogens with one attached hydrogen (secondary N) is 1. The number of rotatable bonds is 3. The molecule has 4 atom stereocenters. The van der Waals surface area contributed by atoms with Crippen molar-refractivity contribution < 1.29 is 4.74 Å². The molecule has 1 aromatic carbocycles. The van der Waals surface area contributed by atoms with Crippen LogP contribution in [0.2, 0.25) is 0 Å². The summed E-state index contributed by atoms with van der Waals surface area (Å²) in [6.07, 6.45) is 13.6. The van der Waals surface area contributed by atoms with Crippen molar-refractivity contribution in [2.75, 3.05) is 0 Å². The Morgan fingerprint density at radius 3 is 2.55 bits per heavy atom. The Hall–Kier alpha value is -3.00. The fraction of sp³-hybridized carbons (Fsp3) is 0.462. The standard InChI is InChI=1S/C26H28N4O/c27-14-21-22(20-13-15-6-7-19(20)12-15)23-24(29-30-26(23)31-25(21)28)18-10-8-17(9-11-18)16-4-2-1-3-5-16/h6-11,15-16,19-20,22H,1-5,12-13,28H2,(H,29,30)/t15-,19-,20+,22-/m0/s1. The smallest absolute Gasteiger partial charge is 0.244 e. The topological polar surface area (TPSA) is 87.7 Å². The average Bonchev–Trinajstić information content (AvgIpc) is 3.55. The highest BCUT2D eigenvalue weighted by atomic mass is 16.5. The van der Waals surface area contributed by atoms with Gasteiger partial charge in [-0.15, -0.1) is 5.10 Å². The lowest BCUT2D eigenvalue weighted by atomic mass is 9.73. The number of H-pyrrole nitrogens is 1. The van der Waals surface area contributed by atoms with E-state index in [1.165, 1.54) is 44.1 Å². The van der Waals surface area contributed by atoms with E-state index in [2.05, 4.69) is 52.7 Å². The van der Waals surface area contributed by atoms with Crippen molar-refractivity contribution in [2.24, 2.45) is 23.5 Å². The average molecular weight is 413 g/mol. The van der Waals surface area contributed by atoms with Crippen molar-refractivity contribution in [1.82, 2.24) is 10.2 Å². The van der Waals surface area contributed by atoms with Crippen LogP contribution in [0.15, 0.2) is 47.9 Å². The van der Waals surface area contributed by atoms with Gasteiger partial charge in [-0.05, 0) is 60.5 Å². The lowest BCUT2D eigenvalue weighted by molar-refractivity contribution is 0.330. The molecule has 3 N–H and O–H groups in total. The van der Waals surface area contributed by atoms with Crippen molar-refractivity contribution in [3.8, 4) is 23.2 Å². The zero-order valence-electron chi connectivity index (χ0n) is 17.7. The van der Waals surface area contributed by atoms with E-state index in [1.807, 2.05) is 0 Å². The van der Waals surface area contributed by atoms with Crippen LogP contribution in [-0.4, -0.2) is 10.2 Å². The van der Waals surface area contributed by atoms with Crippen molar-refractivity contribution in [3.63, 3.8) is 0 Å². The number of ether oxygens (including phenoxy) is 1. The molecule has 2 aromatic rings. The van der Waals surface area contributed by atoms with Gasteiger partial charge in [-0.1, -0.05) is 55.7 Å². The monoisotopic (exact) mass is 412 g/mol. The van der Waals surface area contributed by atoms with Gasteiger partial charge in [0.25, 0.3) is 0 Å². The Labute approximate surface area is 183 Å². The maximum atomic E-state index is 9.95. The predicted octanol–water partition coefficient (Wildman–Crippen LogP) is 5.51. The zero-order chi connectivity index (χ0) is 20.9. The van der Waals surface area contributed by atoms with Crippen molar-refractivity contribution in [2.45, 2.75) is 56.8 Å². The normalized spacial score (nSPS) is 29.6. The third-order valence-electron chi connectivity index (χ3n) is 8.02. The molecule has 0 radical (unpaired) electrons. The molecule has 158 valence electrons. The molecule has 1 aromatic heterocycles. The Morgan fingerprint density at radius 2 is 1.87 bits per heavy atom. The summed E-state index contributed by atoms with van der Waals surface area (Å²) in [6.45, 7) is 0. The number of fused-ring (bicyclic) bond motifs is 3. The third-order valence-corrected chi connectivity index (χ3v) is 8.02. The molecule has 0 amide bonds. The number of hydrogen-bond donors (Lipinski definition) is 2. The van der Waals surface area contributed by atoms with Gasteiger partial charge < -0.3 is 10.5 Å². The van der Waals surface area contributed by atoms with E-state index in [1.54, 1.807) is 0 Å². The Bertz CT molecular complexity index is 1100. The Balaban J connectivity index is 1.39. The fourth-order valence-electron chi connectivity index (χ4n) is 6.49. The first-order chi connectivity index (χ1) is 15.2. The molecule has 5 nitrogen and oxygen atoms in total. The second-order valence-corrected chi connectivity index (χ2v) is 9.69. The van der Waals surface area contributed by atoms with Gasteiger partial charge in [0.1, 0.15) is 6.07 Å². The van der Waals surface area contributed by atoms with Gasteiger partial charge in [-0.25, -0.2) is 0 Å². The largest absolute Gasteiger partial charge is 0.420 e. The summed E-state index contributed by atoms with van der Waals surface area (Å²) in [6, 6.07) is 11.3. The van der Waals surface area contributed by atoms with Crippen LogP contribution in [0.25, 0.3) is 11.3 Å². The van der Waals surface area contributed by atoms with E-state index in [0.717, 1.165) is 23.2 Å². The highest BCUT2D eigenvalue weighted by molar-refractivity contribution is 5.69. The van der Waals surface area contributed by atoms with Crippen LogP contribution in [0.1, 0.15) is 67.9 Å². The quantitative estimate of drug-likeness (QED) is 0.651. The van der Waals surface area contributed by atoms with E-state index in [-0.39, 0.29) is 11.8 Å². The number of benzene rings is 1. The van der Waals surface area contributed by atoms with Gasteiger partial charge in [-0.3, -0.25) is 5.10 Å². The first-order valence-corrected chi connectivity index (χ1v) is 11.7. The minimum atomic E-state index is -0.0690. The van der Waals surface area contributed by atoms with Crippen LogP contribution in [-0.2, 0) is 0 Å². The first kappa shape index (κ1) is 18.7. The molecule has 1 aliphatic heterocycles. The molecule has 0 saturated heterocycles. The highest BCUT2D eigenvalue weighted by Gasteiger charge is 2.46. The minimum absolute atomic E-state index is 0.0690. The van der Waals surface area contributed by atoms with Gasteiger partial charge in [-0.2, -0.15) is 5.26 Å². The molecule has 3 aliphatic carbocycles. The molecule has 2 saturated carbocycles. The van der Waals surface area contributed by atoms with Crippen LogP contribution in [0, 0.1) is 29.1 Å². The van der Waals surface area contributed by atoms with Crippen LogP contribution < -0.4 is 10.5 Å². The molecule has 31 heavy (non-hydrogen) atoms. The predicted molar refractivity (Wildman–Crippen MR) is 119 cm³/mol. The molecule has 0 unspecified atom stereocenters. The highest BCUT2D eigenvalue weighted by Crippen LogP contribution is 2.55. The summed E-state index contributed by atoms with van der Waals surface area (Å²) in [7, 11) is 0. The molecular formula is C26H28N4O. The van der Waals surface area contributed by atoms with Crippen molar-refractivity contribution >= 4 is 0 Å². The van der Waals surface area contributed by atoms with E-state index >= 15 is 0 Å². The molecule has 2 bridgehead atoms. The summed E-state index contributed by atoms with van der Waals surface area (Å²) in [5.41, 5.74) is 11.2. The summed E-state index contributed by atoms with van der Waals surface area (Å²) >= 11 is 0. The number of hydrogen-bond acceptors (Lipinski definition) is 4. The van der Waals surface area contributed by atoms with Gasteiger partial charge in [0.15, 0.2) is 0 Å². The maximum Gasteiger partial charge on any atom is 0.244 e. The van der Waals surface area contributed by atoms with Crippen molar-refractivity contribution in [3.05, 3.63) is 59.0 Å². The molecule has 0 spiro atoms. The van der Waals surface area contributed by atoms with E-state index < -0.39 is 0 Å². The van der Waals surface area contributed by atoms with Gasteiger partial charge >= 0.3 is 0 Å². The van der Waals surface area contributed by atoms with E-state index in [4.69, 9.17) is 10.5 Å². The van der Waals surface area contributed by atoms with Crippen LogP contribution in [0.4, 0.5) is 0 Å². The second kappa shape index (κ2) is 7.30. The number of aromatic amines is 1. The minimum Gasteiger partial charge on any atom is -0.420 e. The van der Waals surface area contributed by atoms with Gasteiger partial charge in [0, 0.05) is 5.92 Å². The number of nitrogens with zero attached hydrogens (tertiary/aromatic N) is 2. The SMILES string of the molecule is N#CC1=C(N)Oc2n[nH]c(-c3ccc(C4CCCCC4)cc3)c2[C@H]1[C@@H]1C[C@H]2C=C[C@H]1C2. The number of nitrogens with two attached hydrogens (primary N) is 1. The molecule has 2 fully saturated rings. The first-order valence-electron chi connectivity index (χ1n) is 11.7. The third kappa shape index (κ3) is 3.00. The van der Waals surface area contributed by atoms with E-state index in [9.17, 15) is 5.26 Å². The molecular weight excluding hydrogens is 384 g/mol. The second-order valence-electron chi connectivity index (χ2n) is 9.69. The molecule has 2 heterocycles. The van der Waals surface area contributed by atoms with Gasteiger partial charge in [0.2, 0.25) is 11.8 Å². The lowest BCUT2D eigenvalue weighted by Crippen LogP contribution is -2.27. The van der Waals surface area contributed by atoms with Gasteiger partial charge in [0.05, 0.1) is 16.8 Å². The van der Waals surface area contributed by atoms with Crippen LogP contribution in [0.5, 0.6) is 5.88 Å². The number of aromatic nitrogens is 2. The summed E-state index contributed by atoms with van der Waals surface area (Å²) in [5.74, 6) is 2.82. The lowest BCUT2D eigenvalue weighted by Gasteiger charge is -2.31. The summed E-state index contributed by atoms with van der Waals surface area (Å²) < 4.78 is 5.80. The maximum absolute atomic E-state index is 9.95.